The first-order chi connectivity index (χ1) is 8.84. The van der Waals surface area contributed by atoms with Crippen LogP contribution in [0.15, 0.2) is 30.3 Å². The number of carbonyl (C=O) groups excluding carboxylic acids is 1. The number of nitrogens with zero attached hydrogens (tertiary/aromatic N) is 1. The normalized spacial score (nSPS) is 23.1. The molecule has 1 aromatic carbocycles. The van der Waals surface area contributed by atoms with Crippen LogP contribution >= 0.6 is 0 Å². The van der Waals surface area contributed by atoms with E-state index in [1.807, 2.05) is 30.3 Å². The molecule has 1 aliphatic heterocycles. The van der Waals surface area contributed by atoms with Gasteiger partial charge in [0, 0.05) is 12.1 Å². The summed E-state index contributed by atoms with van der Waals surface area (Å²) in [5, 5.41) is 4.36. The summed E-state index contributed by atoms with van der Waals surface area (Å²) in [6.07, 6.45) is 4.88. The van der Waals surface area contributed by atoms with Crippen LogP contribution in [0.1, 0.15) is 37.5 Å². The molecule has 2 aliphatic rings. The molecule has 3 rings (SSSR count). The number of urea groups is 1. The molecule has 0 aromatic heterocycles. The molecule has 0 spiro atoms. The molecule has 1 atom stereocenters. The Morgan fingerprint density at radius 1 is 1.28 bits per heavy atom. The Hall–Kier alpha value is -1.55. The predicted octanol–water partition coefficient (Wildman–Crippen LogP) is 2.83. The fraction of sp³-hybridized carbons (Fsp3) is 0.500. The first-order valence-corrected chi connectivity index (χ1v) is 6.63. The standard InChI is InChI=1S/C14H18N2O2/c17-14(15-10-11-6-4-5-7-11)16-13(18-16)12-8-2-1-3-9-12/h1-3,8-9,11,13H,4-7,10H2,(H,15,17). The van der Waals surface area contributed by atoms with E-state index in [-0.39, 0.29) is 12.3 Å². The summed E-state index contributed by atoms with van der Waals surface area (Å²) >= 11 is 0. The lowest BCUT2D eigenvalue weighted by atomic mass is 10.1. The predicted molar refractivity (Wildman–Crippen MR) is 67.5 cm³/mol. The zero-order valence-electron chi connectivity index (χ0n) is 10.3. The van der Waals surface area contributed by atoms with E-state index < -0.39 is 0 Å². The average molecular weight is 246 g/mol. The summed E-state index contributed by atoms with van der Waals surface area (Å²) in [5.74, 6) is 0.657. The van der Waals surface area contributed by atoms with Gasteiger partial charge in [-0.25, -0.2) is 9.63 Å². The topological polar surface area (TPSA) is 44.6 Å². The van der Waals surface area contributed by atoms with Gasteiger partial charge in [0.05, 0.1) is 0 Å². The molecule has 2 amide bonds. The largest absolute Gasteiger partial charge is 0.344 e. The maximum Gasteiger partial charge on any atom is 0.344 e. The highest BCUT2D eigenvalue weighted by Crippen LogP contribution is 2.36. The summed E-state index contributed by atoms with van der Waals surface area (Å²) in [4.78, 5) is 17.1. The lowest BCUT2D eigenvalue weighted by Crippen LogP contribution is -2.32. The Bertz CT molecular complexity index is 415. The van der Waals surface area contributed by atoms with Crippen molar-refractivity contribution in [1.82, 2.24) is 10.4 Å². The van der Waals surface area contributed by atoms with Crippen LogP contribution < -0.4 is 5.32 Å². The fourth-order valence-electron chi connectivity index (χ4n) is 2.57. The number of hydroxylamine groups is 2. The number of amides is 2. The van der Waals surface area contributed by atoms with Crippen molar-refractivity contribution < 1.29 is 9.63 Å². The molecule has 1 N–H and O–H groups in total. The van der Waals surface area contributed by atoms with Crippen LogP contribution in [0.25, 0.3) is 0 Å². The molecule has 96 valence electrons. The molecule has 1 unspecified atom stereocenters. The van der Waals surface area contributed by atoms with Crippen LogP contribution in [0.2, 0.25) is 0 Å². The molecule has 1 saturated carbocycles. The zero-order valence-corrected chi connectivity index (χ0v) is 10.3. The monoisotopic (exact) mass is 246 g/mol. The number of benzene rings is 1. The molecule has 1 aliphatic carbocycles. The number of carbonyl (C=O) groups is 1. The molecule has 4 nitrogen and oxygen atoms in total. The lowest BCUT2D eigenvalue weighted by molar-refractivity contribution is 0.175. The Kier molecular flexibility index (Phi) is 3.19. The molecular formula is C14H18N2O2. The second-order valence-corrected chi connectivity index (χ2v) is 5.03. The third-order valence-electron chi connectivity index (χ3n) is 3.68. The van der Waals surface area contributed by atoms with Gasteiger partial charge in [0.25, 0.3) is 0 Å². The molecule has 0 bridgehead atoms. The smallest absolute Gasteiger partial charge is 0.336 e. The van der Waals surface area contributed by atoms with E-state index in [2.05, 4.69) is 5.32 Å². The highest BCUT2D eigenvalue weighted by Gasteiger charge is 2.42. The van der Waals surface area contributed by atoms with Gasteiger partial charge in [-0.15, -0.1) is 0 Å². The van der Waals surface area contributed by atoms with Crippen molar-refractivity contribution in [3.8, 4) is 0 Å². The van der Waals surface area contributed by atoms with Gasteiger partial charge >= 0.3 is 6.03 Å². The Balaban J connectivity index is 1.47. The first-order valence-electron chi connectivity index (χ1n) is 6.63. The summed E-state index contributed by atoms with van der Waals surface area (Å²) in [5.41, 5.74) is 1.02. The SMILES string of the molecule is O=C(NCC1CCCC1)N1OC1c1ccccc1. The van der Waals surface area contributed by atoms with Gasteiger partial charge in [-0.2, -0.15) is 5.06 Å². The summed E-state index contributed by atoms with van der Waals surface area (Å²) in [6, 6.07) is 9.67. The fourth-order valence-corrected chi connectivity index (χ4v) is 2.57. The molecule has 0 radical (unpaired) electrons. The molecular weight excluding hydrogens is 228 g/mol. The van der Waals surface area contributed by atoms with E-state index in [1.54, 1.807) is 0 Å². The van der Waals surface area contributed by atoms with E-state index in [0.29, 0.717) is 5.92 Å². The average Bonchev–Trinajstić information content (AvgIpc) is 3.05. The quantitative estimate of drug-likeness (QED) is 0.833. The van der Waals surface area contributed by atoms with E-state index >= 15 is 0 Å². The summed E-state index contributed by atoms with van der Waals surface area (Å²) < 4.78 is 0. The van der Waals surface area contributed by atoms with E-state index in [1.165, 1.54) is 30.7 Å². The Labute approximate surface area is 107 Å². The van der Waals surface area contributed by atoms with Crippen molar-refractivity contribution in [3.05, 3.63) is 35.9 Å². The van der Waals surface area contributed by atoms with Crippen LogP contribution in [0.5, 0.6) is 0 Å². The Morgan fingerprint density at radius 2 is 2.00 bits per heavy atom. The van der Waals surface area contributed by atoms with E-state index in [4.69, 9.17) is 4.84 Å². The van der Waals surface area contributed by atoms with E-state index in [0.717, 1.165) is 12.1 Å². The van der Waals surface area contributed by atoms with Gasteiger partial charge in [0.15, 0.2) is 0 Å². The summed E-state index contributed by atoms with van der Waals surface area (Å²) in [7, 11) is 0. The molecule has 1 saturated heterocycles. The van der Waals surface area contributed by atoms with Gasteiger partial charge < -0.3 is 5.32 Å². The van der Waals surface area contributed by atoms with Crippen molar-refractivity contribution in [2.24, 2.45) is 5.92 Å². The maximum atomic E-state index is 11.8. The van der Waals surface area contributed by atoms with Crippen molar-refractivity contribution >= 4 is 6.03 Å². The van der Waals surface area contributed by atoms with Gasteiger partial charge in [-0.3, -0.25) is 0 Å². The van der Waals surface area contributed by atoms with Crippen LogP contribution in [0.4, 0.5) is 4.79 Å². The summed E-state index contributed by atoms with van der Waals surface area (Å²) in [6.45, 7) is 0.778. The lowest BCUT2D eigenvalue weighted by Gasteiger charge is -2.09. The Morgan fingerprint density at radius 3 is 2.72 bits per heavy atom. The number of rotatable bonds is 3. The minimum Gasteiger partial charge on any atom is -0.336 e. The minimum atomic E-state index is -0.199. The number of hydrogen-bond donors (Lipinski definition) is 1. The maximum absolute atomic E-state index is 11.8. The highest BCUT2D eigenvalue weighted by molar-refractivity contribution is 5.74. The molecule has 1 aromatic rings. The van der Waals surface area contributed by atoms with Crippen molar-refractivity contribution in [1.29, 1.82) is 0 Å². The first kappa shape index (κ1) is 11.5. The molecule has 2 fully saturated rings. The molecule has 18 heavy (non-hydrogen) atoms. The number of nitrogens with one attached hydrogen (secondary N) is 1. The van der Waals surface area contributed by atoms with Crippen LogP contribution in [0, 0.1) is 5.92 Å². The van der Waals surface area contributed by atoms with Crippen molar-refractivity contribution in [3.63, 3.8) is 0 Å². The van der Waals surface area contributed by atoms with Crippen molar-refractivity contribution in [2.45, 2.75) is 31.9 Å². The molecule has 1 heterocycles. The minimum absolute atomic E-state index is 0.115. The highest BCUT2D eigenvalue weighted by atomic mass is 16.8. The third kappa shape index (κ3) is 2.48. The van der Waals surface area contributed by atoms with Gasteiger partial charge in [-0.1, -0.05) is 43.2 Å². The second kappa shape index (κ2) is 4.98. The van der Waals surface area contributed by atoms with Gasteiger partial charge in [0.2, 0.25) is 6.23 Å². The zero-order chi connectivity index (χ0) is 12.4. The van der Waals surface area contributed by atoms with Crippen LogP contribution in [-0.4, -0.2) is 17.6 Å². The van der Waals surface area contributed by atoms with Crippen molar-refractivity contribution in [2.75, 3.05) is 6.54 Å². The second-order valence-electron chi connectivity index (χ2n) is 5.03. The van der Waals surface area contributed by atoms with Gasteiger partial charge in [-0.05, 0) is 18.8 Å². The van der Waals surface area contributed by atoms with Gasteiger partial charge in [0.1, 0.15) is 0 Å². The third-order valence-corrected chi connectivity index (χ3v) is 3.68. The molecule has 4 heteroatoms. The van der Waals surface area contributed by atoms with Crippen LogP contribution in [0.3, 0.4) is 0 Å². The van der Waals surface area contributed by atoms with Crippen LogP contribution in [-0.2, 0) is 4.84 Å². The number of hydrogen-bond acceptors (Lipinski definition) is 2. The van der Waals surface area contributed by atoms with E-state index in [9.17, 15) is 4.79 Å².